The lowest BCUT2D eigenvalue weighted by molar-refractivity contribution is 0.174. The minimum Gasteiger partial charge on any atom is -0.445 e. The van der Waals surface area contributed by atoms with Gasteiger partial charge in [0.2, 0.25) is 0 Å². The first-order valence-electron chi connectivity index (χ1n) is 4.34. The van der Waals surface area contributed by atoms with Crippen LogP contribution in [0.4, 0.5) is 10.5 Å². The zero-order chi connectivity index (χ0) is 10.4. The summed E-state index contributed by atoms with van der Waals surface area (Å²) in [6.45, 7) is 5.59. The molecule has 0 bridgehead atoms. The molecule has 3 nitrogen and oxygen atoms in total. The number of hydrogen-bond acceptors (Lipinski definition) is 2. The topological polar surface area (TPSA) is 38.3 Å². The summed E-state index contributed by atoms with van der Waals surface area (Å²) in [5.41, 5.74) is 1.77. The molecule has 0 saturated carbocycles. The zero-order valence-electron chi connectivity index (χ0n) is 8.12. The van der Waals surface area contributed by atoms with Gasteiger partial charge in [-0.05, 0) is 18.6 Å². The fourth-order valence-corrected chi connectivity index (χ4v) is 0.994. The summed E-state index contributed by atoms with van der Waals surface area (Å²) in [7, 11) is 0. The maximum absolute atomic E-state index is 11.1. The van der Waals surface area contributed by atoms with Crippen molar-refractivity contribution in [3.8, 4) is 0 Å². The Kier molecular flexibility index (Phi) is 3.73. The highest BCUT2D eigenvalue weighted by Gasteiger charge is 2.02. The summed E-state index contributed by atoms with van der Waals surface area (Å²) >= 11 is 0. The molecule has 0 heterocycles. The predicted octanol–water partition coefficient (Wildman–Crippen LogP) is 2.73. The second kappa shape index (κ2) is 5.07. The van der Waals surface area contributed by atoms with Gasteiger partial charge in [0.05, 0.1) is 0 Å². The highest BCUT2D eigenvalue weighted by Crippen LogP contribution is 2.12. The molecule has 0 spiro atoms. The molecule has 0 saturated heterocycles. The maximum Gasteiger partial charge on any atom is 0.411 e. The van der Waals surface area contributed by atoms with E-state index in [1.54, 1.807) is 0 Å². The van der Waals surface area contributed by atoms with Gasteiger partial charge in [-0.25, -0.2) is 4.79 Å². The van der Waals surface area contributed by atoms with E-state index in [1.807, 2.05) is 31.2 Å². The number of benzene rings is 1. The van der Waals surface area contributed by atoms with Gasteiger partial charge >= 0.3 is 6.09 Å². The SMILES string of the molecule is C=CCOC(=O)Nc1ccccc1C. The molecule has 1 rings (SSSR count). The average Bonchev–Trinajstić information content (AvgIpc) is 2.18. The van der Waals surface area contributed by atoms with Crippen LogP contribution in [0.25, 0.3) is 0 Å². The molecule has 1 aromatic carbocycles. The van der Waals surface area contributed by atoms with Gasteiger partial charge in [0.1, 0.15) is 6.61 Å². The van der Waals surface area contributed by atoms with Crippen LogP contribution in [0.3, 0.4) is 0 Å². The van der Waals surface area contributed by atoms with Crippen molar-refractivity contribution in [3.05, 3.63) is 42.5 Å². The lowest BCUT2D eigenvalue weighted by atomic mass is 10.2. The highest BCUT2D eigenvalue weighted by atomic mass is 16.5. The summed E-state index contributed by atoms with van der Waals surface area (Å²) in [5, 5.41) is 2.64. The maximum atomic E-state index is 11.1. The number of ether oxygens (including phenoxy) is 1. The van der Waals surface area contributed by atoms with E-state index in [2.05, 4.69) is 11.9 Å². The first-order chi connectivity index (χ1) is 6.74. The number of carbonyl (C=O) groups is 1. The molecule has 0 aromatic heterocycles. The van der Waals surface area contributed by atoms with Crippen molar-refractivity contribution in [2.45, 2.75) is 6.92 Å². The van der Waals surface area contributed by atoms with Crippen molar-refractivity contribution >= 4 is 11.8 Å². The Morgan fingerprint density at radius 2 is 2.29 bits per heavy atom. The molecule has 0 aliphatic rings. The molecule has 0 aliphatic heterocycles. The van der Waals surface area contributed by atoms with Gasteiger partial charge in [0.25, 0.3) is 0 Å². The normalized spacial score (nSPS) is 9.21. The van der Waals surface area contributed by atoms with Crippen LogP contribution in [0.5, 0.6) is 0 Å². The van der Waals surface area contributed by atoms with Crippen molar-refractivity contribution in [3.63, 3.8) is 0 Å². The number of aryl methyl sites for hydroxylation is 1. The Bertz CT molecular complexity index is 334. The average molecular weight is 191 g/mol. The van der Waals surface area contributed by atoms with Crippen LogP contribution in [0.1, 0.15) is 5.56 Å². The predicted molar refractivity (Wildman–Crippen MR) is 56.3 cm³/mol. The van der Waals surface area contributed by atoms with Crippen molar-refractivity contribution in [2.24, 2.45) is 0 Å². The Morgan fingerprint density at radius 1 is 1.57 bits per heavy atom. The molecule has 1 aromatic rings. The summed E-state index contributed by atoms with van der Waals surface area (Å²) in [6, 6.07) is 7.51. The van der Waals surface area contributed by atoms with Crippen molar-refractivity contribution in [1.82, 2.24) is 0 Å². The zero-order valence-corrected chi connectivity index (χ0v) is 8.12. The number of rotatable bonds is 3. The monoisotopic (exact) mass is 191 g/mol. The van der Waals surface area contributed by atoms with Gasteiger partial charge in [0.15, 0.2) is 0 Å². The first-order valence-corrected chi connectivity index (χ1v) is 4.34. The molecule has 1 amide bonds. The van der Waals surface area contributed by atoms with Crippen LogP contribution in [0.2, 0.25) is 0 Å². The number of carbonyl (C=O) groups excluding carboxylic acids is 1. The summed E-state index contributed by atoms with van der Waals surface area (Å²) < 4.78 is 4.78. The number of amides is 1. The minimum atomic E-state index is -0.459. The van der Waals surface area contributed by atoms with Gasteiger partial charge in [-0.2, -0.15) is 0 Å². The summed E-state index contributed by atoms with van der Waals surface area (Å²) in [6.07, 6.45) is 1.07. The van der Waals surface area contributed by atoms with Gasteiger partial charge in [-0.3, -0.25) is 5.32 Å². The Balaban J connectivity index is 2.56. The third-order valence-corrected chi connectivity index (χ3v) is 1.71. The van der Waals surface area contributed by atoms with Gasteiger partial charge in [0, 0.05) is 5.69 Å². The molecular weight excluding hydrogens is 178 g/mol. The number of nitrogens with one attached hydrogen (secondary N) is 1. The van der Waals surface area contributed by atoms with Gasteiger partial charge in [-0.15, -0.1) is 0 Å². The Labute approximate surface area is 83.4 Å². The Morgan fingerprint density at radius 3 is 2.93 bits per heavy atom. The number of para-hydroxylation sites is 1. The lowest BCUT2D eigenvalue weighted by Gasteiger charge is -2.07. The molecule has 0 atom stereocenters. The third-order valence-electron chi connectivity index (χ3n) is 1.71. The first kappa shape index (κ1) is 10.3. The van der Waals surface area contributed by atoms with E-state index in [0.29, 0.717) is 0 Å². The fraction of sp³-hybridized carbons (Fsp3) is 0.182. The van der Waals surface area contributed by atoms with E-state index in [-0.39, 0.29) is 6.61 Å². The van der Waals surface area contributed by atoms with Crippen molar-refractivity contribution in [1.29, 1.82) is 0 Å². The van der Waals surface area contributed by atoms with Crippen LogP contribution >= 0.6 is 0 Å². The van der Waals surface area contributed by atoms with Crippen LogP contribution in [0, 0.1) is 6.92 Å². The molecule has 0 fully saturated rings. The number of hydrogen-bond donors (Lipinski definition) is 1. The van der Waals surface area contributed by atoms with E-state index in [1.165, 1.54) is 6.08 Å². The largest absolute Gasteiger partial charge is 0.445 e. The minimum absolute atomic E-state index is 0.220. The second-order valence-electron chi connectivity index (χ2n) is 2.83. The van der Waals surface area contributed by atoms with Gasteiger partial charge < -0.3 is 4.74 Å². The standard InChI is InChI=1S/C11H13NO2/c1-3-8-14-11(13)12-10-7-5-4-6-9(10)2/h3-7H,1,8H2,2H3,(H,12,13). The molecule has 14 heavy (non-hydrogen) atoms. The van der Waals surface area contributed by atoms with Crippen LogP contribution in [0.15, 0.2) is 36.9 Å². The van der Waals surface area contributed by atoms with E-state index in [4.69, 9.17) is 4.74 Å². The second-order valence-corrected chi connectivity index (χ2v) is 2.83. The quantitative estimate of drug-likeness (QED) is 0.746. The molecule has 1 N–H and O–H groups in total. The molecule has 0 aliphatic carbocycles. The molecule has 74 valence electrons. The van der Waals surface area contributed by atoms with E-state index in [9.17, 15) is 4.79 Å². The lowest BCUT2D eigenvalue weighted by Crippen LogP contribution is -2.14. The molecule has 0 unspecified atom stereocenters. The number of anilines is 1. The van der Waals surface area contributed by atoms with Crippen molar-refractivity contribution < 1.29 is 9.53 Å². The molecule has 3 heteroatoms. The van der Waals surface area contributed by atoms with Crippen LogP contribution in [-0.4, -0.2) is 12.7 Å². The highest BCUT2D eigenvalue weighted by molar-refractivity contribution is 5.85. The van der Waals surface area contributed by atoms with Gasteiger partial charge in [-0.1, -0.05) is 30.9 Å². The molecule has 0 radical (unpaired) electrons. The summed E-state index contributed by atoms with van der Waals surface area (Å²) in [4.78, 5) is 11.1. The van der Waals surface area contributed by atoms with Crippen LogP contribution < -0.4 is 5.32 Å². The summed E-state index contributed by atoms with van der Waals surface area (Å²) in [5.74, 6) is 0. The third kappa shape index (κ3) is 2.94. The van der Waals surface area contributed by atoms with Crippen LogP contribution in [-0.2, 0) is 4.74 Å². The van der Waals surface area contributed by atoms with Crippen molar-refractivity contribution in [2.75, 3.05) is 11.9 Å². The van der Waals surface area contributed by atoms with E-state index in [0.717, 1.165) is 11.3 Å². The Hall–Kier alpha value is -1.77. The van der Waals surface area contributed by atoms with E-state index >= 15 is 0 Å². The smallest absolute Gasteiger partial charge is 0.411 e. The van der Waals surface area contributed by atoms with E-state index < -0.39 is 6.09 Å². The fourth-order valence-electron chi connectivity index (χ4n) is 0.994. The molecular formula is C11H13NO2.